The first-order valence-corrected chi connectivity index (χ1v) is 6.49. The third-order valence-electron chi connectivity index (χ3n) is 2.64. The summed E-state index contributed by atoms with van der Waals surface area (Å²) < 4.78 is 0. The van der Waals surface area contributed by atoms with Crippen LogP contribution in [0.15, 0.2) is 18.2 Å². The fourth-order valence-corrected chi connectivity index (χ4v) is 1.83. The molecule has 0 bridgehead atoms. The van der Waals surface area contributed by atoms with Gasteiger partial charge in [0.2, 0.25) is 0 Å². The molecule has 4 nitrogen and oxygen atoms in total. The van der Waals surface area contributed by atoms with Gasteiger partial charge in [-0.25, -0.2) is 4.98 Å². The first kappa shape index (κ1) is 14.9. The van der Waals surface area contributed by atoms with Crippen LogP contribution in [0.25, 0.3) is 0 Å². The van der Waals surface area contributed by atoms with E-state index in [2.05, 4.69) is 9.88 Å². The summed E-state index contributed by atoms with van der Waals surface area (Å²) in [5.74, 6) is -0.0567. The van der Waals surface area contributed by atoms with Crippen LogP contribution in [0.2, 0.25) is 5.15 Å². The Balaban J connectivity index is 2.62. The van der Waals surface area contributed by atoms with Gasteiger partial charge >= 0.3 is 0 Å². The maximum absolute atomic E-state index is 12.2. The van der Waals surface area contributed by atoms with Crippen LogP contribution in [-0.4, -0.2) is 54.4 Å². The molecule has 1 aromatic heterocycles. The van der Waals surface area contributed by atoms with Crippen molar-refractivity contribution >= 4 is 17.5 Å². The zero-order valence-corrected chi connectivity index (χ0v) is 11.9. The highest BCUT2D eigenvalue weighted by atomic mass is 35.5. The predicted molar refractivity (Wildman–Crippen MR) is 74.0 cm³/mol. The number of aromatic nitrogens is 1. The second-order valence-electron chi connectivity index (χ2n) is 4.39. The van der Waals surface area contributed by atoms with Crippen LogP contribution in [0.1, 0.15) is 23.8 Å². The molecule has 0 N–H and O–H groups in total. The maximum atomic E-state index is 12.2. The molecule has 1 aromatic rings. The molecular weight excluding hydrogens is 250 g/mol. The predicted octanol–water partition coefficient (Wildman–Crippen LogP) is 2.15. The van der Waals surface area contributed by atoms with Gasteiger partial charge in [-0.3, -0.25) is 4.79 Å². The highest BCUT2D eigenvalue weighted by Crippen LogP contribution is 2.08. The monoisotopic (exact) mass is 269 g/mol. The van der Waals surface area contributed by atoms with E-state index in [1.165, 1.54) is 0 Å². The van der Waals surface area contributed by atoms with Gasteiger partial charge in [0.05, 0.1) is 0 Å². The van der Waals surface area contributed by atoms with Crippen molar-refractivity contribution < 1.29 is 4.79 Å². The van der Waals surface area contributed by atoms with Gasteiger partial charge in [-0.1, -0.05) is 17.7 Å². The highest BCUT2D eigenvalue weighted by Gasteiger charge is 2.15. The lowest BCUT2D eigenvalue weighted by molar-refractivity contribution is 0.0753. The smallest absolute Gasteiger partial charge is 0.272 e. The molecule has 0 aliphatic heterocycles. The molecule has 0 fully saturated rings. The van der Waals surface area contributed by atoms with Gasteiger partial charge in [-0.05, 0) is 46.1 Å². The van der Waals surface area contributed by atoms with E-state index in [4.69, 9.17) is 11.6 Å². The molecule has 1 rings (SSSR count). The lowest BCUT2D eigenvalue weighted by Crippen LogP contribution is -2.33. The van der Waals surface area contributed by atoms with Crippen molar-refractivity contribution in [1.82, 2.24) is 14.8 Å². The molecule has 0 saturated heterocycles. The standard InChI is InChI=1S/C13H20ClN3O/c1-4-17(10-6-9-16(2)3)13(18)11-7-5-8-12(14)15-11/h5,7-8H,4,6,9-10H2,1-3H3. The summed E-state index contributed by atoms with van der Waals surface area (Å²) in [5, 5.41) is 0.352. The van der Waals surface area contributed by atoms with Crippen molar-refractivity contribution in [3.63, 3.8) is 0 Å². The fourth-order valence-electron chi connectivity index (χ4n) is 1.67. The van der Waals surface area contributed by atoms with Crippen molar-refractivity contribution in [2.45, 2.75) is 13.3 Å². The Hall–Kier alpha value is -1.13. The van der Waals surface area contributed by atoms with Crippen LogP contribution in [0.5, 0.6) is 0 Å². The quantitative estimate of drug-likeness (QED) is 0.743. The molecule has 100 valence electrons. The van der Waals surface area contributed by atoms with Crippen molar-refractivity contribution in [2.24, 2.45) is 0 Å². The molecule has 0 aliphatic rings. The zero-order chi connectivity index (χ0) is 13.5. The van der Waals surface area contributed by atoms with Gasteiger partial charge in [0, 0.05) is 13.1 Å². The minimum Gasteiger partial charge on any atom is -0.338 e. The largest absolute Gasteiger partial charge is 0.338 e. The number of amides is 1. The summed E-state index contributed by atoms with van der Waals surface area (Å²) >= 11 is 5.79. The average Bonchev–Trinajstić information content (AvgIpc) is 2.33. The van der Waals surface area contributed by atoms with Crippen LogP contribution >= 0.6 is 11.6 Å². The first-order valence-electron chi connectivity index (χ1n) is 6.11. The number of nitrogens with zero attached hydrogens (tertiary/aromatic N) is 3. The minimum atomic E-state index is -0.0567. The number of carbonyl (C=O) groups excluding carboxylic acids is 1. The fraction of sp³-hybridized carbons (Fsp3) is 0.538. The summed E-state index contributed by atoms with van der Waals surface area (Å²) in [6.45, 7) is 4.35. The molecule has 0 aromatic carbocycles. The number of halogens is 1. The lowest BCUT2D eigenvalue weighted by Gasteiger charge is -2.21. The van der Waals surface area contributed by atoms with Crippen LogP contribution in [0, 0.1) is 0 Å². The van der Waals surface area contributed by atoms with Gasteiger partial charge in [0.1, 0.15) is 10.8 Å². The molecular formula is C13H20ClN3O. The van der Waals surface area contributed by atoms with E-state index >= 15 is 0 Å². The Morgan fingerprint density at radius 1 is 1.33 bits per heavy atom. The van der Waals surface area contributed by atoms with Crippen LogP contribution in [-0.2, 0) is 0 Å². The number of carbonyl (C=O) groups is 1. The first-order chi connectivity index (χ1) is 8.54. The number of hydrogen-bond donors (Lipinski definition) is 0. The van der Waals surface area contributed by atoms with Gasteiger partial charge in [0.15, 0.2) is 0 Å². The van der Waals surface area contributed by atoms with E-state index < -0.39 is 0 Å². The third-order valence-corrected chi connectivity index (χ3v) is 2.85. The summed E-state index contributed by atoms with van der Waals surface area (Å²) in [6, 6.07) is 5.11. The number of pyridine rings is 1. The molecule has 1 heterocycles. The van der Waals surface area contributed by atoms with E-state index in [-0.39, 0.29) is 5.91 Å². The summed E-state index contributed by atoms with van der Waals surface area (Å²) in [6.07, 6.45) is 0.952. The Morgan fingerprint density at radius 3 is 2.61 bits per heavy atom. The van der Waals surface area contributed by atoms with E-state index in [1.54, 1.807) is 23.1 Å². The van der Waals surface area contributed by atoms with Crippen LogP contribution in [0.3, 0.4) is 0 Å². The Kier molecular flexibility index (Phi) is 6.09. The Morgan fingerprint density at radius 2 is 2.06 bits per heavy atom. The Bertz CT molecular complexity index is 396. The summed E-state index contributed by atoms with van der Waals surface area (Å²) in [4.78, 5) is 20.1. The zero-order valence-electron chi connectivity index (χ0n) is 11.2. The molecule has 5 heteroatoms. The third kappa shape index (κ3) is 4.63. The SMILES string of the molecule is CCN(CCCN(C)C)C(=O)c1cccc(Cl)n1. The molecule has 0 unspecified atom stereocenters. The van der Waals surface area contributed by atoms with Crippen molar-refractivity contribution in [3.8, 4) is 0 Å². The molecule has 18 heavy (non-hydrogen) atoms. The van der Waals surface area contributed by atoms with Gasteiger partial charge < -0.3 is 9.80 Å². The summed E-state index contributed by atoms with van der Waals surface area (Å²) in [5.41, 5.74) is 0.411. The molecule has 0 saturated carbocycles. The normalized spacial score (nSPS) is 10.7. The molecule has 0 aliphatic carbocycles. The maximum Gasteiger partial charge on any atom is 0.272 e. The van der Waals surface area contributed by atoms with Crippen LogP contribution in [0.4, 0.5) is 0 Å². The van der Waals surface area contributed by atoms with E-state index in [0.29, 0.717) is 17.4 Å². The van der Waals surface area contributed by atoms with Crippen LogP contribution < -0.4 is 0 Å². The van der Waals surface area contributed by atoms with E-state index in [9.17, 15) is 4.79 Å². The molecule has 1 amide bonds. The number of hydrogen-bond acceptors (Lipinski definition) is 3. The minimum absolute atomic E-state index is 0.0567. The number of rotatable bonds is 6. The van der Waals surface area contributed by atoms with Gasteiger partial charge in [-0.2, -0.15) is 0 Å². The second-order valence-corrected chi connectivity index (χ2v) is 4.77. The van der Waals surface area contributed by atoms with Crippen molar-refractivity contribution in [2.75, 3.05) is 33.7 Å². The lowest BCUT2D eigenvalue weighted by atomic mass is 10.3. The van der Waals surface area contributed by atoms with Crippen molar-refractivity contribution in [1.29, 1.82) is 0 Å². The van der Waals surface area contributed by atoms with Crippen molar-refractivity contribution in [3.05, 3.63) is 29.0 Å². The van der Waals surface area contributed by atoms with E-state index in [0.717, 1.165) is 19.5 Å². The van der Waals surface area contributed by atoms with Gasteiger partial charge in [-0.15, -0.1) is 0 Å². The van der Waals surface area contributed by atoms with Gasteiger partial charge in [0.25, 0.3) is 5.91 Å². The highest BCUT2D eigenvalue weighted by molar-refractivity contribution is 6.29. The topological polar surface area (TPSA) is 36.4 Å². The van der Waals surface area contributed by atoms with E-state index in [1.807, 2.05) is 21.0 Å². The average molecular weight is 270 g/mol. The summed E-state index contributed by atoms with van der Waals surface area (Å²) in [7, 11) is 4.05. The Labute approximate surface area is 114 Å². The molecule has 0 spiro atoms. The molecule has 0 radical (unpaired) electrons. The molecule has 0 atom stereocenters. The second kappa shape index (κ2) is 7.34.